The lowest BCUT2D eigenvalue weighted by molar-refractivity contribution is -0.135. The van der Waals surface area contributed by atoms with Gasteiger partial charge in [0, 0.05) is 45.2 Å². The third-order valence-corrected chi connectivity index (χ3v) is 3.96. The monoisotopic (exact) mass is 338 g/mol. The number of morpholine rings is 1. The van der Waals surface area contributed by atoms with Gasteiger partial charge in [-0.2, -0.15) is 13.2 Å². The summed E-state index contributed by atoms with van der Waals surface area (Å²) in [6.07, 6.45) is -4.20. The molecule has 0 atom stereocenters. The van der Waals surface area contributed by atoms with E-state index in [9.17, 15) is 13.2 Å². The van der Waals surface area contributed by atoms with E-state index in [4.69, 9.17) is 4.74 Å². The molecule has 8 heteroatoms. The first-order valence-electron chi connectivity index (χ1n) is 8.09. The van der Waals surface area contributed by atoms with Gasteiger partial charge in [-0.15, -0.1) is 0 Å². The SMILES string of the molecule is CN=C(NCCCCC(F)(F)F)NCC(C)(C)N1CCOCC1. The second-order valence-electron chi connectivity index (χ2n) is 6.34. The molecular weight excluding hydrogens is 309 g/mol. The van der Waals surface area contributed by atoms with Crippen molar-refractivity contribution in [1.82, 2.24) is 15.5 Å². The van der Waals surface area contributed by atoms with Gasteiger partial charge in [-0.1, -0.05) is 0 Å². The number of ether oxygens (including phenoxy) is 1. The molecule has 1 saturated heterocycles. The van der Waals surface area contributed by atoms with Crippen LogP contribution in [0.2, 0.25) is 0 Å². The average Bonchev–Trinajstić information content (AvgIpc) is 2.50. The maximum atomic E-state index is 12.1. The second kappa shape index (κ2) is 9.32. The van der Waals surface area contributed by atoms with Crippen LogP contribution in [-0.4, -0.2) is 69.0 Å². The van der Waals surface area contributed by atoms with Crippen molar-refractivity contribution < 1.29 is 17.9 Å². The van der Waals surface area contributed by atoms with Gasteiger partial charge in [0.1, 0.15) is 0 Å². The predicted molar refractivity (Wildman–Crippen MR) is 85.7 cm³/mol. The van der Waals surface area contributed by atoms with Crippen molar-refractivity contribution in [2.45, 2.75) is 44.8 Å². The van der Waals surface area contributed by atoms with E-state index in [0.717, 1.165) is 26.3 Å². The number of halogens is 3. The van der Waals surface area contributed by atoms with E-state index in [2.05, 4.69) is 34.4 Å². The molecule has 0 radical (unpaired) electrons. The molecule has 0 amide bonds. The summed E-state index contributed by atoms with van der Waals surface area (Å²) in [4.78, 5) is 6.47. The van der Waals surface area contributed by atoms with Crippen LogP contribution < -0.4 is 10.6 Å². The number of nitrogens with one attached hydrogen (secondary N) is 2. The number of unbranched alkanes of at least 4 members (excludes halogenated alkanes) is 1. The number of nitrogens with zero attached hydrogens (tertiary/aromatic N) is 2. The Balaban J connectivity index is 2.25. The number of aliphatic imine (C=N–C) groups is 1. The van der Waals surface area contributed by atoms with Gasteiger partial charge in [-0.25, -0.2) is 0 Å². The van der Waals surface area contributed by atoms with Crippen LogP contribution in [0.5, 0.6) is 0 Å². The standard InChI is InChI=1S/C15H29F3N4O/c1-14(2,22-8-10-23-11-9-22)12-21-13(19-3)20-7-5-4-6-15(16,17)18/h4-12H2,1-3H3,(H2,19,20,21). The third kappa shape index (κ3) is 8.41. The van der Waals surface area contributed by atoms with Crippen molar-refractivity contribution in [2.24, 2.45) is 4.99 Å². The van der Waals surface area contributed by atoms with E-state index in [0.29, 0.717) is 25.5 Å². The zero-order valence-electron chi connectivity index (χ0n) is 14.3. The Bertz CT molecular complexity index is 366. The quantitative estimate of drug-likeness (QED) is 0.423. The smallest absolute Gasteiger partial charge is 0.379 e. The van der Waals surface area contributed by atoms with Gasteiger partial charge in [0.05, 0.1) is 13.2 Å². The van der Waals surface area contributed by atoms with Gasteiger partial charge < -0.3 is 15.4 Å². The van der Waals surface area contributed by atoms with E-state index < -0.39 is 12.6 Å². The maximum Gasteiger partial charge on any atom is 0.389 e. The van der Waals surface area contributed by atoms with Crippen molar-refractivity contribution in [3.05, 3.63) is 0 Å². The van der Waals surface area contributed by atoms with E-state index in [1.54, 1.807) is 7.05 Å². The molecule has 0 bridgehead atoms. The Morgan fingerprint density at radius 3 is 2.35 bits per heavy atom. The molecule has 2 N–H and O–H groups in total. The zero-order chi connectivity index (χ0) is 17.3. The number of hydrogen-bond acceptors (Lipinski definition) is 3. The summed E-state index contributed by atoms with van der Waals surface area (Å²) in [5.41, 5.74) is -0.0440. The first-order valence-corrected chi connectivity index (χ1v) is 8.09. The van der Waals surface area contributed by atoms with Crippen LogP contribution in [0.4, 0.5) is 13.2 Å². The van der Waals surface area contributed by atoms with Crippen LogP contribution in [-0.2, 0) is 4.74 Å². The van der Waals surface area contributed by atoms with Crippen LogP contribution in [0.3, 0.4) is 0 Å². The number of guanidine groups is 1. The van der Waals surface area contributed by atoms with Crippen molar-refractivity contribution in [2.75, 3.05) is 46.4 Å². The van der Waals surface area contributed by atoms with E-state index in [1.165, 1.54) is 0 Å². The lowest BCUT2D eigenvalue weighted by Crippen LogP contribution is -2.56. The first-order chi connectivity index (χ1) is 10.7. The largest absolute Gasteiger partial charge is 0.389 e. The first kappa shape index (κ1) is 20.0. The fraction of sp³-hybridized carbons (Fsp3) is 0.933. The Labute approximate surface area is 136 Å². The Morgan fingerprint density at radius 2 is 1.78 bits per heavy atom. The minimum Gasteiger partial charge on any atom is -0.379 e. The van der Waals surface area contributed by atoms with Crippen LogP contribution in [0.25, 0.3) is 0 Å². The Morgan fingerprint density at radius 1 is 1.13 bits per heavy atom. The molecule has 23 heavy (non-hydrogen) atoms. The van der Waals surface area contributed by atoms with Gasteiger partial charge in [0.2, 0.25) is 0 Å². The van der Waals surface area contributed by atoms with E-state index in [-0.39, 0.29) is 12.0 Å². The van der Waals surface area contributed by atoms with Crippen molar-refractivity contribution in [1.29, 1.82) is 0 Å². The summed E-state index contributed by atoms with van der Waals surface area (Å²) in [6.45, 7) is 8.79. The van der Waals surface area contributed by atoms with Crippen molar-refractivity contribution >= 4 is 5.96 Å². The molecule has 1 heterocycles. The summed E-state index contributed by atoms with van der Waals surface area (Å²) in [5.74, 6) is 0.623. The molecule has 1 aliphatic rings. The minimum absolute atomic E-state index is 0.0440. The molecule has 1 fully saturated rings. The van der Waals surface area contributed by atoms with Gasteiger partial charge in [-0.05, 0) is 26.7 Å². The van der Waals surface area contributed by atoms with Crippen LogP contribution in [0.15, 0.2) is 4.99 Å². The molecular formula is C15H29F3N4O. The zero-order valence-corrected chi connectivity index (χ0v) is 14.3. The molecule has 1 rings (SSSR count). The number of alkyl halides is 3. The fourth-order valence-electron chi connectivity index (χ4n) is 2.46. The molecule has 0 unspecified atom stereocenters. The summed E-state index contributed by atoms with van der Waals surface area (Å²) in [7, 11) is 1.66. The molecule has 1 aliphatic heterocycles. The normalized spacial score (nSPS) is 18.1. The van der Waals surface area contributed by atoms with Crippen molar-refractivity contribution in [3.63, 3.8) is 0 Å². The minimum atomic E-state index is -4.07. The molecule has 0 saturated carbocycles. The lowest BCUT2D eigenvalue weighted by Gasteiger charge is -2.41. The molecule has 0 aromatic heterocycles. The van der Waals surface area contributed by atoms with Gasteiger partial charge >= 0.3 is 6.18 Å². The maximum absolute atomic E-state index is 12.1. The van der Waals surface area contributed by atoms with Gasteiger partial charge in [0.25, 0.3) is 0 Å². The fourth-order valence-corrected chi connectivity index (χ4v) is 2.46. The topological polar surface area (TPSA) is 48.9 Å². The van der Waals surface area contributed by atoms with Crippen LogP contribution in [0.1, 0.15) is 33.1 Å². The summed E-state index contributed by atoms with van der Waals surface area (Å²) >= 11 is 0. The lowest BCUT2D eigenvalue weighted by atomic mass is 10.0. The van der Waals surface area contributed by atoms with Gasteiger partial charge in [0.15, 0.2) is 5.96 Å². The molecule has 0 aromatic carbocycles. The molecule has 5 nitrogen and oxygen atoms in total. The highest BCUT2D eigenvalue weighted by molar-refractivity contribution is 5.79. The highest BCUT2D eigenvalue weighted by atomic mass is 19.4. The highest BCUT2D eigenvalue weighted by Gasteiger charge is 2.28. The van der Waals surface area contributed by atoms with E-state index in [1.807, 2.05) is 0 Å². The summed E-state index contributed by atoms with van der Waals surface area (Å²) in [5, 5.41) is 6.31. The van der Waals surface area contributed by atoms with E-state index >= 15 is 0 Å². The van der Waals surface area contributed by atoms with Crippen LogP contribution >= 0.6 is 0 Å². The predicted octanol–water partition coefficient (Wildman–Crippen LogP) is 1.99. The number of rotatable bonds is 7. The Kier molecular flexibility index (Phi) is 8.11. The highest BCUT2D eigenvalue weighted by Crippen LogP contribution is 2.21. The molecule has 136 valence electrons. The second-order valence-corrected chi connectivity index (χ2v) is 6.34. The van der Waals surface area contributed by atoms with Crippen molar-refractivity contribution in [3.8, 4) is 0 Å². The molecule has 0 spiro atoms. The average molecular weight is 338 g/mol. The Hall–Kier alpha value is -1.02. The van der Waals surface area contributed by atoms with Crippen LogP contribution in [0, 0.1) is 0 Å². The van der Waals surface area contributed by atoms with Gasteiger partial charge in [-0.3, -0.25) is 9.89 Å². The summed E-state index contributed by atoms with van der Waals surface area (Å²) in [6, 6.07) is 0. The number of hydrogen-bond donors (Lipinski definition) is 2. The molecule has 0 aliphatic carbocycles. The summed E-state index contributed by atoms with van der Waals surface area (Å²) < 4.78 is 41.6. The molecule has 0 aromatic rings. The third-order valence-electron chi connectivity index (χ3n) is 3.96.